The maximum Gasteiger partial charge on any atom is 0.329 e. The normalized spacial score (nSPS) is 16.8. The highest BCUT2D eigenvalue weighted by Gasteiger charge is 2.32. The van der Waals surface area contributed by atoms with E-state index >= 15 is 0 Å². The molecule has 0 spiro atoms. The van der Waals surface area contributed by atoms with Gasteiger partial charge in [0.15, 0.2) is 11.5 Å². The highest BCUT2D eigenvalue weighted by Crippen LogP contribution is 2.40. The van der Waals surface area contributed by atoms with E-state index in [2.05, 4.69) is 115 Å². The van der Waals surface area contributed by atoms with Gasteiger partial charge < -0.3 is 15.1 Å². The Balaban J connectivity index is 0.740. The van der Waals surface area contributed by atoms with Crippen LogP contribution in [0, 0.1) is 0 Å². The number of pyridine rings is 1. The number of anilines is 4. The van der Waals surface area contributed by atoms with E-state index in [1.165, 1.54) is 21.4 Å². The lowest BCUT2D eigenvalue weighted by atomic mass is 10.0. The number of imidazole rings is 2. The first-order valence-electron chi connectivity index (χ1n) is 22.6. The molecule has 1 atom stereocenters. The second-order valence-corrected chi connectivity index (χ2v) is 17.7. The van der Waals surface area contributed by atoms with Crippen LogP contribution in [0.2, 0.25) is 0 Å². The second kappa shape index (κ2) is 16.4. The number of nitrogens with one attached hydrogen (secondary N) is 2. The Hall–Kier alpha value is -7.66. The minimum absolute atomic E-state index is 0.193. The monoisotopic (exact) mass is 882 g/mol. The third-order valence-electron chi connectivity index (χ3n) is 13.4. The van der Waals surface area contributed by atoms with Gasteiger partial charge in [0.05, 0.1) is 34.8 Å². The molecule has 2 N–H and O–H groups in total. The molecule has 2 fully saturated rings. The molecule has 2 saturated heterocycles. The van der Waals surface area contributed by atoms with E-state index in [0.29, 0.717) is 11.9 Å². The maximum atomic E-state index is 13.3. The summed E-state index contributed by atoms with van der Waals surface area (Å²) in [5.41, 5.74) is 13.1. The van der Waals surface area contributed by atoms with E-state index in [4.69, 9.17) is 10.1 Å². The lowest BCUT2D eigenvalue weighted by Gasteiger charge is -2.36. The van der Waals surface area contributed by atoms with Gasteiger partial charge in [-0.05, 0) is 85.3 Å². The zero-order valence-corrected chi connectivity index (χ0v) is 37.3. The maximum absolute atomic E-state index is 13.3. The summed E-state index contributed by atoms with van der Waals surface area (Å²) in [5, 5.41) is 19.5. The molecule has 8 aromatic rings. The number of piperidine rings is 1. The first-order chi connectivity index (χ1) is 32.1. The fourth-order valence-corrected chi connectivity index (χ4v) is 9.74. The summed E-state index contributed by atoms with van der Waals surface area (Å²) in [7, 11) is 3.62. The minimum Gasteiger partial charge on any atom is -0.385 e. The van der Waals surface area contributed by atoms with Crippen LogP contribution in [-0.4, -0.2) is 100 Å². The van der Waals surface area contributed by atoms with Crippen molar-refractivity contribution in [1.29, 1.82) is 0 Å². The van der Waals surface area contributed by atoms with Crippen molar-refractivity contribution in [2.24, 2.45) is 7.05 Å². The topological polar surface area (TPSA) is 169 Å². The van der Waals surface area contributed by atoms with Crippen molar-refractivity contribution in [1.82, 2.24) is 53.9 Å². The smallest absolute Gasteiger partial charge is 0.329 e. The lowest BCUT2D eigenvalue weighted by molar-refractivity contribution is -0.135. The van der Waals surface area contributed by atoms with Gasteiger partial charge in [0, 0.05) is 95.0 Å². The van der Waals surface area contributed by atoms with Gasteiger partial charge >= 0.3 is 5.69 Å². The van der Waals surface area contributed by atoms with Crippen LogP contribution in [0.1, 0.15) is 49.9 Å². The van der Waals surface area contributed by atoms with Crippen LogP contribution in [0.5, 0.6) is 0 Å². The van der Waals surface area contributed by atoms with Crippen LogP contribution >= 0.6 is 0 Å². The van der Waals surface area contributed by atoms with Crippen molar-refractivity contribution >= 4 is 51.4 Å². The van der Waals surface area contributed by atoms with Gasteiger partial charge in [-0.25, -0.2) is 19.0 Å². The zero-order chi connectivity index (χ0) is 45.2. The van der Waals surface area contributed by atoms with Gasteiger partial charge in [-0.1, -0.05) is 41.6 Å². The number of hydrogen-bond donors (Lipinski definition) is 2. The summed E-state index contributed by atoms with van der Waals surface area (Å²) < 4.78 is 6.79. The predicted molar refractivity (Wildman–Crippen MR) is 254 cm³/mol. The van der Waals surface area contributed by atoms with Crippen LogP contribution in [-0.2, 0) is 29.6 Å². The Bertz CT molecular complexity index is 3230. The summed E-state index contributed by atoms with van der Waals surface area (Å²) in [4.78, 5) is 54.5. The van der Waals surface area contributed by atoms with E-state index in [1.54, 1.807) is 17.8 Å². The number of benzene rings is 3. The Morgan fingerprint density at radius 2 is 1.65 bits per heavy atom. The number of imide groups is 1. The summed E-state index contributed by atoms with van der Waals surface area (Å²) in [6, 6.07) is 26.8. The molecule has 8 heterocycles. The minimum atomic E-state index is -0.708. The van der Waals surface area contributed by atoms with Crippen LogP contribution in [0.25, 0.3) is 50.5 Å². The highest BCUT2D eigenvalue weighted by molar-refractivity contribution is 6.00. The fourth-order valence-electron chi connectivity index (χ4n) is 9.74. The van der Waals surface area contributed by atoms with Crippen molar-refractivity contribution in [2.75, 3.05) is 54.9 Å². The standard InChI is InChI=1S/C49H50N14O3/c1-30(2)61-29-39(54-56-61)44-27-52-47-38(50-3)25-45(55-63(44)47)60-19-18-36-35(6-5-7-40(36)60)37-14-8-31(26-51-37)28-58-20-22-59(23-21-58)34-12-9-32(10-13-34)33-11-15-41-43(24-33)57(4)49(66)62(41)42-16-17-46(64)53-48(42)65/h5-15,24-27,29-30,42,50H,16-23,28H2,1-4H3,(H,53,64,65). The number of nitrogens with zero attached hydrogens (tertiary/aromatic N) is 12. The molecule has 2 amide bonds. The van der Waals surface area contributed by atoms with Gasteiger partial charge in [-0.2, -0.15) is 0 Å². The van der Waals surface area contributed by atoms with Crippen LogP contribution in [0.3, 0.4) is 0 Å². The number of piperazine rings is 1. The van der Waals surface area contributed by atoms with Crippen molar-refractivity contribution in [2.45, 2.75) is 51.7 Å². The quantitative estimate of drug-likeness (QED) is 0.154. The molecule has 3 aliphatic heterocycles. The van der Waals surface area contributed by atoms with Crippen LogP contribution in [0.15, 0.2) is 102 Å². The summed E-state index contributed by atoms with van der Waals surface area (Å²) in [5.74, 6) is 0.0850. The third kappa shape index (κ3) is 7.15. The van der Waals surface area contributed by atoms with E-state index in [0.717, 1.165) is 108 Å². The number of carbonyl (C=O) groups is 2. The first kappa shape index (κ1) is 41.1. The van der Waals surface area contributed by atoms with Gasteiger partial charge in [0.25, 0.3) is 0 Å². The molecule has 1 unspecified atom stereocenters. The molecule has 3 aliphatic rings. The highest BCUT2D eigenvalue weighted by atomic mass is 16.2. The molecular formula is C49H50N14O3. The zero-order valence-electron chi connectivity index (χ0n) is 37.3. The molecule has 66 heavy (non-hydrogen) atoms. The molecule has 0 radical (unpaired) electrons. The fraction of sp³-hybridized carbons (Fsp3) is 0.306. The molecule has 17 heteroatoms. The van der Waals surface area contributed by atoms with Crippen molar-refractivity contribution < 1.29 is 9.59 Å². The van der Waals surface area contributed by atoms with E-state index in [9.17, 15) is 14.4 Å². The Morgan fingerprint density at radius 3 is 2.39 bits per heavy atom. The third-order valence-corrected chi connectivity index (χ3v) is 13.4. The van der Waals surface area contributed by atoms with Gasteiger partial charge in [0.1, 0.15) is 17.4 Å². The van der Waals surface area contributed by atoms with Gasteiger partial charge in [-0.3, -0.25) is 33.9 Å². The molecule has 11 rings (SSSR count). The molecule has 5 aromatic heterocycles. The molecular weight excluding hydrogens is 833 g/mol. The average molecular weight is 883 g/mol. The van der Waals surface area contributed by atoms with Crippen molar-refractivity contribution in [3.8, 4) is 33.8 Å². The second-order valence-electron chi connectivity index (χ2n) is 17.7. The van der Waals surface area contributed by atoms with Crippen LogP contribution in [0.4, 0.5) is 22.9 Å². The Kier molecular flexibility index (Phi) is 10.2. The van der Waals surface area contributed by atoms with Crippen LogP contribution < -0.4 is 26.1 Å². The molecule has 0 aliphatic carbocycles. The molecule has 3 aromatic carbocycles. The Morgan fingerprint density at radius 1 is 0.833 bits per heavy atom. The molecule has 334 valence electrons. The summed E-state index contributed by atoms with van der Waals surface area (Å²) in [6.45, 7) is 9.49. The number of aryl methyl sites for hydroxylation is 1. The lowest BCUT2D eigenvalue weighted by Crippen LogP contribution is -2.45. The molecule has 17 nitrogen and oxygen atoms in total. The largest absolute Gasteiger partial charge is 0.385 e. The van der Waals surface area contributed by atoms with E-state index in [-0.39, 0.29) is 24.1 Å². The number of carbonyl (C=O) groups excluding carboxylic acids is 2. The van der Waals surface area contributed by atoms with E-state index in [1.807, 2.05) is 46.8 Å². The number of hydrogen-bond acceptors (Lipinski definition) is 12. The first-order valence-corrected chi connectivity index (χ1v) is 22.6. The predicted octanol–water partition coefficient (Wildman–Crippen LogP) is 5.99. The molecule has 0 saturated carbocycles. The van der Waals surface area contributed by atoms with E-state index < -0.39 is 11.9 Å². The average Bonchev–Trinajstić information content (AvgIpc) is 4.15. The molecule has 0 bridgehead atoms. The van der Waals surface area contributed by atoms with Crippen molar-refractivity contribution in [3.05, 3.63) is 119 Å². The summed E-state index contributed by atoms with van der Waals surface area (Å²) >= 11 is 0. The SMILES string of the molecule is CNc1cc(N2CCc3c(-c4ccc(CN5CCN(c6ccc(-c7ccc8c(c7)n(C)c(=O)n8C7CCC(=O)NC7=O)cc6)CC5)cn4)cccc32)nn2c(-c3cn(C(C)C)nn3)cnc12. The van der Waals surface area contributed by atoms with Crippen molar-refractivity contribution in [3.63, 3.8) is 0 Å². The number of rotatable bonds is 10. The Labute approximate surface area is 380 Å². The number of fused-ring (bicyclic) bond motifs is 3. The number of amides is 2. The van der Waals surface area contributed by atoms with Gasteiger partial charge in [-0.15, -0.1) is 10.2 Å². The summed E-state index contributed by atoms with van der Waals surface area (Å²) in [6.07, 6.45) is 7.15. The number of aromatic nitrogens is 9. The van der Waals surface area contributed by atoms with Gasteiger partial charge in [0.2, 0.25) is 11.8 Å².